The fourth-order valence-corrected chi connectivity index (χ4v) is 10.4. The van der Waals surface area contributed by atoms with E-state index in [9.17, 15) is 0 Å². The summed E-state index contributed by atoms with van der Waals surface area (Å²) in [6.45, 7) is 2.20. The molecule has 76 heavy (non-hydrogen) atoms. The lowest BCUT2D eigenvalue weighted by Gasteiger charge is -2.17. The molecule has 0 atom stereocenters. The van der Waals surface area contributed by atoms with Crippen LogP contribution in [0.5, 0.6) is 0 Å². The van der Waals surface area contributed by atoms with E-state index >= 15 is 0 Å². The highest BCUT2D eigenvalue weighted by molar-refractivity contribution is 6.17. The van der Waals surface area contributed by atoms with Gasteiger partial charge >= 0.3 is 0 Å². The molecule has 0 amide bonds. The average Bonchev–Trinajstić information content (AvgIpc) is 3.91. The van der Waals surface area contributed by atoms with Crippen LogP contribution in [0.3, 0.4) is 0 Å². The summed E-state index contributed by atoms with van der Waals surface area (Å²) >= 11 is 0. The number of fused-ring (bicyclic) bond motifs is 3. The monoisotopic (exact) mass is 972 g/mol. The molecule has 0 N–H and O–H groups in total. The van der Waals surface area contributed by atoms with Crippen LogP contribution >= 0.6 is 0 Å². The minimum absolute atomic E-state index is 0.610. The van der Waals surface area contributed by atoms with Gasteiger partial charge in [0.2, 0.25) is 0 Å². The van der Waals surface area contributed by atoms with Crippen LogP contribution in [0.15, 0.2) is 261 Å². The molecule has 0 radical (unpaired) electrons. The Bertz CT molecular complexity index is 4160. The molecule has 3 heterocycles. The first-order chi connectivity index (χ1) is 37.6. The molecule has 0 saturated carbocycles. The Labute approximate surface area is 441 Å². The summed E-state index contributed by atoms with van der Waals surface area (Å²) in [5.41, 5.74) is 18.8. The summed E-state index contributed by atoms with van der Waals surface area (Å²) in [4.78, 5) is 25.4. The van der Waals surface area contributed by atoms with Crippen LogP contribution in [0.25, 0.3) is 130 Å². The third-order valence-corrected chi connectivity index (χ3v) is 14.0. The second-order valence-corrected chi connectivity index (χ2v) is 18.9. The molecular formula is C70H48N6. The second kappa shape index (κ2) is 20.0. The van der Waals surface area contributed by atoms with Gasteiger partial charge in [-0.1, -0.05) is 237 Å². The van der Waals surface area contributed by atoms with Crippen LogP contribution in [-0.4, -0.2) is 29.5 Å². The predicted molar refractivity (Wildman–Crippen MR) is 313 cm³/mol. The fourth-order valence-electron chi connectivity index (χ4n) is 10.4. The van der Waals surface area contributed by atoms with Gasteiger partial charge in [-0.05, 0) is 82.3 Å². The van der Waals surface area contributed by atoms with Crippen molar-refractivity contribution in [1.82, 2.24) is 29.5 Å². The molecule has 358 valence electrons. The van der Waals surface area contributed by atoms with E-state index in [0.29, 0.717) is 23.3 Å². The largest absolute Gasteiger partial charge is 0.309 e. The lowest BCUT2D eigenvalue weighted by molar-refractivity contribution is 1.07. The van der Waals surface area contributed by atoms with Gasteiger partial charge in [-0.25, -0.2) is 24.9 Å². The number of rotatable bonds is 11. The Hall–Kier alpha value is -10.2. The van der Waals surface area contributed by atoms with E-state index in [1.54, 1.807) is 0 Å². The molecule has 0 unspecified atom stereocenters. The fraction of sp³-hybridized carbons (Fsp3) is 0.0143. The van der Waals surface area contributed by atoms with E-state index in [-0.39, 0.29) is 0 Å². The molecule has 0 fully saturated rings. The summed E-state index contributed by atoms with van der Waals surface area (Å²) in [6, 6.07) is 90.9. The molecule has 6 heteroatoms. The zero-order valence-corrected chi connectivity index (χ0v) is 41.7. The minimum atomic E-state index is 0.610. The molecule has 0 aliphatic carbocycles. The zero-order valence-electron chi connectivity index (χ0n) is 41.7. The van der Waals surface area contributed by atoms with Crippen LogP contribution < -0.4 is 0 Å². The van der Waals surface area contributed by atoms with Crippen molar-refractivity contribution in [2.24, 2.45) is 0 Å². The van der Waals surface area contributed by atoms with Gasteiger partial charge in [0.15, 0.2) is 23.3 Å². The van der Waals surface area contributed by atoms with E-state index in [1.165, 1.54) is 27.5 Å². The van der Waals surface area contributed by atoms with Crippen LogP contribution in [0.4, 0.5) is 0 Å². The van der Waals surface area contributed by atoms with Gasteiger partial charge < -0.3 is 4.57 Å². The zero-order chi connectivity index (χ0) is 50.8. The Morgan fingerprint density at radius 2 is 0.803 bits per heavy atom. The number of hydrogen-bond donors (Lipinski definition) is 0. The van der Waals surface area contributed by atoms with E-state index in [2.05, 4.69) is 187 Å². The van der Waals surface area contributed by atoms with E-state index in [4.69, 9.17) is 24.9 Å². The van der Waals surface area contributed by atoms with E-state index in [1.807, 2.05) is 97.1 Å². The Kier molecular flexibility index (Phi) is 12.0. The maximum atomic E-state index is 5.14. The molecule has 0 aliphatic rings. The molecule has 13 rings (SSSR count). The molecule has 0 saturated heterocycles. The molecule has 10 aromatic carbocycles. The van der Waals surface area contributed by atoms with Gasteiger partial charge in [0.1, 0.15) is 0 Å². The standard InChI is InChI=1S/C70H48N6/c1-47-22-14-15-36-57(47)65-51(43-42-48-23-18-33-54(44-48)69-71-61(49-24-6-2-7-25-49)46-62(72-69)50-26-8-3-9-27-50)32-20-38-58(65)59-39-21-41-64-66(59)60-37-16-17-40-63(60)76(64)56-35-19-34-55(45-56)70-74-67(52-28-10-4-11-29-52)73-68(75-70)53-30-12-5-13-31-53/h2-46H,1H3. The quantitative estimate of drug-likeness (QED) is 0.121. The first-order valence-electron chi connectivity index (χ1n) is 25.6. The van der Waals surface area contributed by atoms with Crippen LogP contribution in [0.1, 0.15) is 16.7 Å². The number of para-hydroxylation sites is 1. The number of aromatic nitrogens is 6. The van der Waals surface area contributed by atoms with Crippen molar-refractivity contribution in [2.75, 3.05) is 0 Å². The number of hydrogen-bond acceptors (Lipinski definition) is 5. The molecule has 0 aliphatic heterocycles. The average molecular weight is 973 g/mol. The van der Waals surface area contributed by atoms with Gasteiger partial charge in [-0.15, -0.1) is 0 Å². The van der Waals surface area contributed by atoms with Crippen molar-refractivity contribution in [1.29, 1.82) is 0 Å². The summed E-state index contributed by atoms with van der Waals surface area (Å²) in [6.07, 6.45) is 4.46. The Morgan fingerprint density at radius 3 is 1.46 bits per heavy atom. The highest BCUT2D eigenvalue weighted by Gasteiger charge is 2.21. The molecular weight excluding hydrogens is 925 g/mol. The van der Waals surface area contributed by atoms with E-state index < -0.39 is 0 Å². The topological polar surface area (TPSA) is 69.4 Å². The van der Waals surface area contributed by atoms with Crippen molar-refractivity contribution in [3.8, 4) is 96.0 Å². The summed E-state index contributed by atoms with van der Waals surface area (Å²) in [7, 11) is 0. The minimum Gasteiger partial charge on any atom is -0.309 e. The molecule has 6 nitrogen and oxygen atoms in total. The molecule has 0 bridgehead atoms. The number of benzene rings is 10. The number of aryl methyl sites for hydroxylation is 1. The molecule has 0 spiro atoms. The lowest BCUT2D eigenvalue weighted by Crippen LogP contribution is -2.01. The van der Waals surface area contributed by atoms with Crippen molar-refractivity contribution < 1.29 is 0 Å². The lowest BCUT2D eigenvalue weighted by atomic mass is 9.86. The van der Waals surface area contributed by atoms with E-state index in [0.717, 1.165) is 83.7 Å². The summed E-state index contributed by atoms with van der Waals surface area (Å²) in [5.74, 6) is 2.54. The van der Waals surface area contributed by atoms with Gasteiger partial charge in [0, 0.05) is 49.8 Å². The van der Waals surface area contributed by atoms with Crippen LogP contribution in [-0.2, 0) is 0 Å². The second-order valence-electron chi connectivity index (χ2n) is 18.9. The van der Waals surface area contributed by atoms with Crippen molar-refractivity contribution >= 4 is 34.0 Å². The third kappa shape index (κ3) is 8.84. The first kappa shape index (κ1) is 45.7. The van der Waals surface area contributed by atoms with Crippen molar-refractivity contribution in [3.05, 3.63) is 278 Å². The highest BCUT2D eigenvalue weighted by Crippen LogP contribution is 2.44. The maximum absolute atomic E-state index is 5.14. The van der Waals surface area contributed by atoms with Crippen molar-refractivity contribution in [2.45, 2.75) is 6.92 Å². The van der Waals surface area contributed by atoms with Gasteiger partial charge in [0.25, 0.3) is 0 Å². The molecule has 3 aromatic heterocycles. The summed E-state index contributed by atoms with van der Waals surface area (Å²) < 4.78 is 2.38. The smallest absolute Gasteiger partial charge is 0.164 e. The summed E-state index contributed by atoms with van der Waals surface area (Å²) in [5, 5.41) is 2.34. The SMILES string of the molecule is Cc1ccccc1-c1c(C=Cc2cccc(-c3nc(-c4ccccc4)cc(-c4ccccc4)n3)c2)cccc1-c1cccc2c1c1ccccc1n2-c1cccc(-c2nc(-c3ccccc3)nc(-c3ccccc3)n2)c1. The Balaban J connectivity index is 0.927. The maximum Gasteiger partial charge on any atom is 0.164 e. The van der Waals surface area contributed by atoms with Crippen molar-refractivity contribution in [3.63, 3.8) is 0 Å². The molecule has 13 aromatic rings. The van der Waals surface area contributed by atoms with Crippen LogP contribution in [0.2, 0.25) is 0 Å². The first-order valence-corrected chi connectivity index (χ1v) is 25.6. The highest BCUT2D eigenvalue weighted by atomic mass is 15.0. The van der Waals surface area contributed by atoms with Gasteiger partial charge in [0.05, 0.1) is 22.4 Å². The van der Waals surface area contributed by atoms with Crippen LogP contribution in [0, 0.1) is 6.92 Å². The normalized spacial score (nSPS) is 11.4. The predicted octanol–water partition coefficient (Wildman–Crippen LogP) is 17.6. The van der Waals surface area contributed by atoms with Gasteiger partial charge in [-0.2, -0.15) is 0 Å². The third-order valence-electron chi connectivity index (χ3n) is 14.0. The number of nitrogens with zero attached hydrogens (tertiary/aromatic N) is 6. The Morgan fingerprint density at radius 1 is 0.329 bits per heavy atom. The van der Waals surface area contributed by atoms with Gasteiger partial charge in [-0.3, -0.25) is 0 Å².